The second-order valence-electron chi connectivity index (χ2n) is 6.00. The summed E-state index contributed by atoms with van der Waals surface area (Å²) in [5.74, 6) is 0.511. The van der Waals surface area contributed by atoms with Gasteiger partial charge in [0, 0.05) is 21.3 Å². The van der Waals surface area contributed by atoms with E-state index < -0.39 is 0 Å². The lowest BCUT2D eigenvalue weighted by atomic mass is 10.1. The van der Waals surface area contributed by atoms with E-state index in [1.165, 1.54) is 0 Å². The molecule has 2 aromatic heterocycles. The highest BCUT2D eigenvalue weighted by Crippen LogP contribution is 2.30. The molecule has 4 nitrogen and oxygen atoms in total. The second-order valence-corrected chi connectivity index (χ2v) is 6.91. The van der Waals surface area contributed by atoms with Crippen molar-refractivity contribution in [2.45, 2.75) is 6.92 Å². The van der Waals surface area contributed by atoms with Gasteiger partial charge in [-0.25, -0.2) is 4.98 Å². The number of halogens is 1. The van der Waals surface area contributed by atoms with Crippen LogP contribution in [-0.2, 0) is 0 Å². The SMILES string of the molecule is Cc1cccc2nc(-c3ccccc3)c(NC(=O)c3ccc(Br)cc3)n12. The summed E-state index contributed by atoms with van der Waals surface area (Å²) in [5.41, 5.74) is 4.11. The number of hydrogen-bond donors (Lipinski definition) is 1. The van der Waals surface area contributed by atoms with Gasteiger partial charge in [-0.3, -0.25) is 9.20 Å². The molecule has 0 aliphatic carbocycles. The maximum atomic E-state index is 12.8. The standard InChI is InChI=1S/C21H16BrN3O/c1-14-6-5-9-18-23-19(15-7-3-2-4-8-15)20(25(14)18)24-21(26)16-10-12-17(22)13-11-16/h2-13H,1H3,(H,24,26). The first-order valence-corrected chi connectivity index (χ1v) is 9.03. The number of imidazole rings is 1. The van der Waals surface area contributed by atoms with Crippen LogP contribution in [0.1, 0.15) is 16.1 Å². The van der Waals surface area contributed by atoms with Gasteiger partial charge in [0.1, 0.15) is 17.2 Å². The largest absolute Gasteiger partial charge is 0.306 e. The van der Waals surface area contributed by atoms with Crippen LogP contribution >= 0.6 is 15.9 Å². The zero-order valence-corrected chi connectivity index (χ0v) is 15.7. The van der Waals surface area contributed by atoms with Crippen molar-refractivity contribution in [3.8, 4) is 11.3 Å². The summed E-state index contributed by atoms with van der Waals surface area (Å²) in [6.07, 6.45) is 0. The topological polar surface area (TPSA) is 46.4 Å². The summed E-state index contributed by atoms with van der Waals surface area (Å²) >= 11 is 3.39. The Labute approximate surface area is 159 Å². The minimum atomic E-state index is -0.167. The molecule has 0 saturated heterocycles. The molecule has 0 bridgehead atoms. The van der Waals surface area contributed by atoms with Gasteiger partial charge in [0.15, 0.2) is 0 Å². The molecule has 0 aliphatic heterocycles. The molecule has 0 radical (unpaired) electrons. The van der Waals surface area contributed by atoms with Crippen molar-refractivity contribution in [3.63, 3.8) is 0 Å². The van der Waals surface area contributed by atoms with Crippen LogP contribution in [0.4, 0.5) is 5.82 Å². The second kappa shape index (κ2) is 6.77. The third-order valence-electron chi connectivity index (χ3n) is 4.22. The van der Waals surface area contributed by atoms with Crippen molar-refractivity contribution in [2.24, 2.45) is 0 Å². The summed E-state index contributed by atoms with van der Waals surface area (Å²) < 4.78 is 2.91. The molecule has 128 valence electrons. The maximum Gasteiger partial charge on any atom is 0.256 e. The average molecular weight is 406 g/mol. The minimum absolute atomic E-state index is 0.167. The van der Waals surface area contributed by atoms with Gasteiger partial charge in [-0.15, -0.1) is 0 Å². The summed E-state index contributed by atoms with van der Waals surface area (Å²) in [7, 11) is 0. The van der Waals surface area contributed by atoms with Gasteiger partial charge in [-0.2, -0.15) is 0 Å². The monoisotopic (exact) mass is 405 g/mol. The lowest BCUT2D eigenvalue weighted by molar-refractivity contribution is 0.102. The fraction of sp³-hybridized carbons (Fsp3) is 0.0476. The van der Waals surface area contributed by atoms with Crippen molar-refractivity contribution >= 4 is 33.3 Å². The molecule has 4 aromatic rings. The van der Waals surface area contributed by atoms with E-state index in [-0.39, 0.29) is 5.91 Å². The van der Waals surface area contributed by atoms with Crippen molar-refractivity contribution in [2.75, 3.05) is 5.32 Å². The number of anilines is 1. The summed E-state index contributed by atoms with van der Waals surface area (Å²) in [6.45, 7) is 2.00. The van der Waals surface area contributed by atoms with E-state index in [1.807, 2.05) is 72.0 Å². The molecule has 5 heteroatoms. The van der Waals surface area contributed by atoms with Crippen molar-refractivity contribution in [1.82, 2.24) is 9.38 Å². The van der Waals surface area contributed by atoms with Crippen molar-refractivity contribution < 1.29 is 4.79 Å². The Kier molecular flexibility index (Phi) is 4.31. The van der Waals surface area contributed by atoms with E-state index in [1.54, 1.807) is 12.1 Å². The van der Waals surface area contributed by atoms with E-state index in [0.29, 0.717) is 11.4 Å². The molecule has 0 fully saturated rings. The molecular weight excluding hydrogens is 390 g/mol. The maximum absolute atomic E-state index is 12.8. The van der Waals surface area contributed by atoms with Crippen LogP contribution in [-0.4, -0.2) is 15.3 Å². The van der Waals surface area contributed by atoms with Crippen LogP contribution in [0.15, 0.2) is 77.3 Å². The van der Waals surface area contributed by atoms with E-state index >= 15 is 0 Å². The Balaban J connectivity index is 1.84. The molecule has 0 spiro atoms. The first-order valence-electron chi connectivity index (χ1n) is 8.24. The number of benzene rings is 2. The molecule has 2 aromatic carbocycles. The Bertz CT molecular complexity index is 1090. The van der Waals surface area contributed by atoms with Crippen molar-refractivity contribution in [3.05, 3.63) is 88.5 Å². The minimum Gasteiger partial charge on any atom is -0.306 e. The number of pyridine rings is 1. The number of amides is 1. The Hall–Kier alpha value is -2.92. The third kappa shape index (κ3) is 3.02. The third-order valence-corrected chi connectivity index (χ3v) is 4.75. The highest BCUT2D eigenvalue weighted by Gasteiger charge is 2.18. The molecule has 0 saturated carbocycles. The van der Waals surface area contributed by atoms with Gasteiger partial charge in [-0.1, -0.05) is 52.3 Å². The molecule has 26 heavy (non-hydrogen) atoms. The van der Waals surface area contributed by atoms with E-state index in [4.69, 9.17) is 4.98 Å². The lowest BCUT2D eigenvalue weighted by Crippen LogP contribution is -2.14. The molecule has 1 amide bonds. The molecular formula is C21H16BrN3O. The van der Waals surface area contributed by atoms with Crippen molar-refractivity contribution in [1.29, 1.82) is 0 Å². The molecule has 2 heterocycles. The number of carbonyl (C=O) groups is 1. The van der Waals surface area contributed by atoms with Crippen LogP contribution in [0.25, 0.3) is 16.9 Å². The average Bonchev–Trinajstić information content (AvgIpc) is 3.03. The first-order chi connectivity index (χ1) is 12.6. The Morgan fingerprint density at radius 3 is 2.42 bits per heavy atom. The van der Waals surface area contributed by atoms with Crippen LogP contribution in [0, 0.1) is 6.92 Å². The van der Waals surface area contributed by atoms with Crippen LogP contribution < -0.4 is 5.32 Å². The van der Waals surface area contributed by atoms with Gasteiger partial charge < -0.3 is 5.32 Å². The van der Waals surface area contributed by atoms with Crippen LogP contribution in [0.2, 0.25) is 0 Å². The molecule has 0 aliphatic rings. The first kappa shape index (κ1) is 16.5. The molecule has 0 atom stereocenters. The van der Waals surface area contributed by atoms with Gasteiger partial charge in [0.2, 0.25) is 0 Å². The zero-order chi connectivity index (χ0) is 18.1. The fourth-order valence-corrected chi connectivity index (χ4v) is 3.21. The van der Waals surface area contributed by atoms with Crippen LogP contribution in [0.3, 0.4) is 0 Å². The quantitative estimate of drug-likeness (QED) is 0.500. The number of fused-ring (bicyclic) bond motifs is 1. The van der Waals surface area contributed by atoms with Gasteiger partial charge >= 0.3 is 0 Å². The van der Waals surface area contributed by atoms with Gasteiger partial charge in [0.05, 0.1) is 0 Å². The smallest absolute Gasteiger partial charge is 0.256 e. The van der Waals surface area contributed by atoms with Crippen LogP contribution in [0.5, 0.6) is 0 Å². The number of nitrogens with zero attached hydrogens (tertiary/aromatic N) is 2. The number of aromatic nitrogens is 2. The Morgan fingerprint density at radius 1 is 0.962 bits per heavy atom. The van der Waals surface area contributed by atoms with E-state index in [9.17, 15) is 4.79 Å². The highest BCUT2D eigenvalue weighted by atomic mass is 79.9. The number of aryl methyl sites for hydroxylation is 1. The lowest BCUT2D eigenvalue weighted by Gasteiger charge is -2.10. The van der Waals surface area contributed by atoms with Gasteiger partial charge in [0.25, 0.3) is 5.91 Å². The number of carbonyl (C=O) groups excluding carboxylic acids is 1. The fourth-order valence-electron chi connectivity index (χ4n) is 2.95. The summed E-state index contributed by atoms with van der Waals surface area (Å²) in [6, 6.07) is 23.1. The van der Waals surface area contributed by atoms with E-state index in [2.05, 4.69) is 21.2 Å². The number of rotatable bonds is 3. The van der Waals surface area contributed by atoms with E-state index in [0.717, 1.165) is 27.1 Å². The predicted octanol–water partition coefficient (Wildman–Crippen LogP) is 5.32. The number of nitrogens with one attached hydrogen (secondary N) is 1. The molecule has 0 unspecified atom stereocenters. The highest BCUT2D eigenvalue weighted by molar-refractivity contribution is 9.10. The summed E-state index contributed by atoms with van der Waals surface area (Å²) in [5, 5.41) is 3.05. The molecule has 4 rings (SSSR count). The summed E-state index contributed by atoms with van der Waals surface area (Å²) in [4.78, 5) is 17.5. The molecule has 1 N–H and O–H groups in total. The van der Waals surface area contributed by atoms with Gasteiger partial charge in [-0.05, 0) is 43.3 Å². The zero-order valence-electron chi connectivity index (χ0n) is 14.1. The Morgan fingerprint density at radius 2 is 1.69 bits per heavy atom. The predicted molar refractivity (Wildman–Crippen MR) is 107 cm³/mol. The number of hydrogen-bond acceptors (Lipinski definition) is 2. The normalized spacial score (nSPS) is 10.8.